The molecule has 2 atom stereocenters. The van der Waals surface area contributed by atoms with Crippen molar-refractivity contribution in [1.82, 2.24) is 15.2 Å². The number of hydrogen-bond donors (Lipinski definition) is 1. The molecule has 1 fully saturated rings. The number of aliphatic hydroxyl groups excluding tert-OH is 1. The summed E-state index contributed by atoms with van der Waals surface area (Å²) in [5, 5.41) is 17.5. The molecule has 6 heteroatoms. The summed E-state index contributed by atoms with van der Waals surface area (Å²) in [6, 6.07) is 5.81. The molecule has 18 heavy (non-hydrogen) atoms. The zero-order valence-electron chi connectivity index (χ0n) is 10.1. The van der Waals surface area contributed by atoms with Crippen LogP contribution in [-0.4, -0.2) is 52.7 Å². The van der Waals surface area contributed by atoms with Gasteiger partial charge in [-0.25, -0.2) is 4.63 Å². The van der Waals surface area contributed by atoms with Crippen LogP contribution in [0.3, 0.4) is 0 Å². The molecule has 0 radical (unpaired) electrons. The van der Waals surface area contributed by atoms with E-state index in [0.717, 1.165) is 16.6 Å². The third-order valence-electron chi connectivity index (χ3n) is 3.38. The number of hydrogen-bond acceptors (Lipinski definition) is 6. The number of rotatable bonds is 3. The maximum absolute atomic E-state index is 9.80. The van der Waals surface area contributed by atoms with Gasteiger partial charge in [0.2, 0.25) is 0 Å². The number of ether oxygens (including phenoxy) is 1. The van der Waals surface area contributed by atoms with E-state index in [2.05, 4.69) is 15.2 Å². The third kappa shape index (κ3) is 1.98. The largest absolute Gasteiger partial charge is 0.389 e. The summed E-state index contributed by atoms with van der Waals surface area (Å²) >= 11 is 0. The average Bonchev–Trinajstić information content (AvgIpc) is 2.97. The Balaban J connectivity index is 1.81. The highest BCUT2D eigenvalue weighted by molar-refractivity contribution is 5.76. The van der Waals surface area contributed by atoms with Crippen LogP contribution in [0.2, 0.25) is 0 Å². The predicted octanol–water partition coefficient (Wildman–Crippen LogP) is 0.414. The standard InChI is InChI=1S/C12H15N3O3/c1-15(10-6-17-7-11(10)16)5-8-3-2-4-9-12(8)14-18-13-9/h2-4,10-11,16H,5-7H2,1H3/t10-,11-/m1/s1. The first-order valence-electron chi connectivity index (χ1n) is 5.92. The number of aliphatic hydroxyl groups is 1. The molecule has 2 aromatic rings. The lowest BCUT2D eigenvalue weighted by Gasteiger charge is -2.25. The van der Waals surface area contributed by atoms with Crippen molar-refractivity contribution in [3.8, 4) is 0 Å². The van der Waals surface area contributed by atoms with Gasteiger partial charge in [-0.1, -0.05) is 12.1 Å². The van der Waals surface area contributed by atoms with Crippen LogP contribution in [0.15, 0.2) is 22.8 Å². The Labute approximate surface area is 104 Å². The normalized spacial score (nSPS) is 24.2. The van der Waals surface area contributed by atoms with Crippen molar-refractivity contribution in [2.75, 3.05) is 20.3 Å². The average molecular weight is 249 g/mol. The first kappa shape index (κ1) is 11.6. The third-order valence-corrected chi connectivity index (χ3v) is 3.38. The van der Waals surface area contributed by atoms with E-state index in [1.165, 1.54) is 0 Å². The van der Waals surface area contributed by atoms with Gasteiger partial charge in [-0.05, 0) is 29.0 Å². The topological polar surface area (TPSA) is 71.6 Å². The highest BCUT2D eigenvalue weighted by Crippen LogP contribution is 2.19. The first-order chi connectivity index (χ1) is 8.75. The lowest BCUT2D eigenvalue weighted by atomic mass is 10.1. The van der Waals surface area contributed by atoms with Crippen LogP contribution in [0.4, 0.5) is 0 Å². The second-order valence-corrected chi connectivity index (χ2v) is 4.64. The Morgan fingerprint density at radius 2 is 2.28 bits per heavy atom. The molecule has 0 amide bonds. The van der Waals surface area contributed by atoms with Crippen molar-refractivity contribution < 1.29 is 14.5 Å². The molecule has 96 valence electrons. The van der Waals surface area contributed by atoms with Crippen LogP contribution >= 0.6 is 0 Å². The van der Waals surface area contributed by atoms with Crippen LogP contribution in [-0.2, 0) is 11.3 Å². The summed E-state index contributed by atoms with van der Waals surface area (Å²) < 4.78 is 10.0. The van der Waals surface area contributed by atoms with Crippen LogP contribution in [0.1, 0.15) is 5.56 Å². The maximum Gasteiger partial charge on any atom is 0.139 e. The summed E-state index contributed by atoms with van der Waals surface area (Å²) in [4.78, 5) is 2.07. The van der Waals surface area contributed by atoms with Crippen molar-refractivity contribution in [2.24, 2.45) is 0 Å². The van der Waals surface area contributed by atoms with Gasteiger partial charge in [0.1, 0.15) is 11.0 Å². The molecule has 1 aromatic heterocycles. The van der Waals surface area contributed by atoms with E-state index >= 15 is 0 Å². The van der Waals surface area contributed by atoms with Crippen molar-refractivity contribution >= 4 is 11.0 Å². The van der Waals surface area contributed by atoms with Gasteiger partial charge in [-0.3, -0.25) is 4.90 Å². The van der Waals surface area contributed by atoms with E-state index in [9.17, 15) is 5.11 Å². The van der Waals surface area contributed by atoms with Gasteiger partial charge in [0.15, 0.2) is 0 Å². The molecule has 6 nitrogen and oxygen atoms in total. The van der Waals surface area contributed by atoms with Crippen LogP contribution in [0.5, 0.6) is 0 Å². The molecule has 0 bridgehead atoms. The molecular weight excluding hydrogens is 234 g/mol. The molecule has 0 unspecified atom stereocenters. The van der Waals surface area contributed by atoms with E-state index < -0.39 is 6.10 Å². The van der Waals surface area contributed by atoms with Gasteiger partial charge in [0.25, 0.3) is 0 Å². The summed E-state index contributed by atoms with van der Waals surface area (Å²) in [6.07, 6.45) is -0.426. The van der Waals surface area contributed by atoms with Crippen molar-refractivity contribution in [3.63, 3.8) is 0 Å². The fourth-order valence-electron chi connectivity index (χ4n) is 2.33. The van der Waals surface area contributed by atoms with Crippen molar-refractivity contribution in [1.29, 1.82) is 0 Å². The summed E-state index contributed by atoms with van der Waals surface area (Å²) in [5.74, 6) is 0. The maximum atomic E-state index is 9.80. The second-order valence-electron chi connectivity index (χ2n) is 4.64. The molecule has 1 aromatic carbocycles. The molecule has 2 heterocycles. The molecule has 0 aliphatic carbocycles. The fraction of sp³-hybridized carbons (Fsp3) is 0.500. The zero-order chi connectivity index (χ0) is 12.5. The van der Waals surface area contributed by atoms with Gasteiger partial charge in [-0.15, -0.1) is 0 Å². The minimum Gasteiger partial charge on any atom is -0.389 e. The molecule has 3 rings (SSSR count). The quantitative estimate of drug-likeness (QED) is 0.849. The van der Waals surface area contributed by atoms with E-state index in [-0.39, 0.29) is 6.04 Å². The predicted molar refractivity (Wildman–Crippen MR) is 63.9 cm³/mol. The number of likely N-dealkylation sites (N-methyl/N-ethyl adjacent to an activating group) is 1. The van der Waals surface area contributed by atoms with Gasteiger partial charge >= 0.3 is 0 Å². The van der Waals surface area contributed by atoms with Crippen LogP contribution < -0.4 is 0 Å². The Morgan fingerprint density at radius 1 is 1.39 bits per heavy atom. The molecule has 0 saturated carbocycles. The lowest BCUT2D eigenvalue weighted by molar-refractivity contribution is 0.0926. The van der Waals surface area contributed by atoms with Gasteiger partial charge in [0.05, 0.1) is 25.4 Å². The molecular formula is C12H15N3O3. The Bertz CT molecular complexity index is 542. The lowest BCUT2D eigenvalue weighted by Crippen LogP contribution is -2.39. The molecule has 1 N–H and O–H groups in total. The van der Waals surface area contributed by atoms with Crippen LogP contribution in [0.25, 0.3) is 11.0 Å². The number of aromatic nitrogens is 2. The van der Waals surface area contributed by atoms with E-state index in [4.69, 9.17) is 9.37 Å². The second kappa shape index (κ2) is 4.64. The number of nitrogens with zero attached hydrogens (tertiary/aromatic N) is 3. The number of benzene rings is 1. The van der Waals surface area contributed by atoms with Gasteiger partial charge in [-0.2, -0.15) is 0 Å². The van der Waals surface area contributed by atoms with Crippen molar-refractivity contribution in [2.45, 2.75) is 18.7 Å². The van der Waals surface area contributed by atoms with Gasteiger partial charge < -0.3 is 9.84 Å². The Morgan fingerprint density at radius 3 is 3.06 bits per heavy atom. The smallest absolute Gasteiger partial charge is 0.139 e. The van der Waals surface area contributed by atoms with E-state index in [0.29, 0.717) is 19.8 Å². The molecule has 1 aliphatic rings. The Hall–Kier alpha value is -1.50. The minimum atomic E-state index is -0.426. The van der Waals surface area contributed by atoms with E-state index in [1.807, 2.05) is 25.2 Å². The molecule has 0 spiro atoms. The fourth-order valence-corrected chi connectivity index (χ4v) is 2.33. The van der Waals surface area contributed by atoms with Gasteiger partial charge in [0, 0.05) is 6.54 Å². The number of fused-ring (bicyclic) bond motifs is 1. The summed E-state index contributed by atoms with van der Waals surface area (Å²) in [5.41, 5.74) is 2.57. The molecule has 1 saturated heterocycles. The van der Waals surface area contributed by atoms with Crippen molar-refractivity contribution in [3.05, 3.63) is 23.8 Å². The summed E-state index contributed by atoms with van der Waals surface area (Å²) in [6.45, 7) is 1.64. The SMILES string of the molecule is CN(Cc1cccc2nonc12)[C@@H]1COC[C@H]1O. The summed E-state index contributed by atoms with van der Waals surface area (Å²) in [7, 11) is 1.97. The van der Waals surface area contributed by atoms with Crippen LogP contribution in [0, 0.1) is 0 Å². The zero-order valence-corrected chi connectivity index (χ0v) is 10.1. The monoisotopic (exact) mass is 249 g/mol. The highest BCUT2D eigenvalue weighted by atomic mass is 16.6. The minimum absolute atomic E-state index is 0.0279. The Kier molecular flexibility index (Phi) is 2.99. The first-order valence-corrected chi connectivity index (χ1v) is 5.92. The molecule has 1 aliphatic heterocycles. The highest BCUT2D eigenvalue weighted by Gasteiger charge is 2.29. The van der Waals surface area contributed by atoms with E-state index in [1.54, 1.807) is 0 Å².